The van der Waals surface area contributed by atoms with Gasteiger partial charge in [-0.3, -0.25) is 0 Å². The molecule has 0 bridgehead atoms. The van der Waals surface area contributed by atoms with E-state index in [1.807, 2.05) is 60.7 Å². The number of hydrogen-bond acceptors (Lipinski definition) is 4. The van der Waals surface area contributed by atoms with Crippen LogP contribution in [0.1, 0.15) is 34.4 Å². The summed E-state index contributed by atoms with van der Waals surface area (Å²) in [6, 6.07) is 42.1. The second-order valence-electron chi connectivity index (χ2n) is 11.7. The van der Waals surface area contributed by atoms with Crippen LogP contribution in [0.5, 0.6) is 5.75 Å². The van der Waals surface area contributed by atoms with Crippen LogP contribution in [0.4, 0.5) is 0 Å². The van der Waals surface area contributed by atoms with Gasteiger partial charge in [0.25, 0.3) is 0 Å². The van der Waals surface area contributed by atoms with E-state index in [0.29, 0.717) is 11.6 Å². The van der Waals surface area contributed by atoms with Crippen LogP contribution in [0.15, 0.2) is 145 Å². The second kappa shape index (κ2) is 11.1. The van der Waals surface area contributed by atoms with Crippen molar-refractivity contribution in [2.24, 2.45) is 0 Å². The Morgan fingerprint density at radius 2 is 1.18 bits per heavy atom. The molecule has 6 aromatic rings. The summed E-state index contributed by atoms with van der Waals surface area (Å²) in [6.07, 6.45) is 6.33. The van der Waals surface area contributed by atoms with Gasteiger partial charge in [-0.2, -0.15) is 0 Å². The molecule has 0 spiro atoms. The molecule has 0 fully saturated rings. The Bertz CT molecular complexity index is 2060. The Balaban J connectivity index is 1.23. The van der Waals surface area contributed by atoms with E-state index in [-0.39, 0.29) is 11.8 Å². The monoisotopic (exact) mass is 581 g/mol. The molecular formula is C41H31N3O. The van der Waals surface area contributed by atoms with Crippen LogP contribution in [0.2, 0.25) is 0 Å². The summed E-state index contributed by atoms with van der Waals surface area (Å²) >= 11 is 0. The molecule has 2 heterocycles. The van der Waals surface area contributed by atoms with E-state index in [9.17, 15) is 0 Å². The fourth-order valence-electron chi connectivity index (χ4n) is 6.47. The van der Waals surface area contributed by atoms with E-state index in [2.05, 4.69) is 92.7 Å². The molecule has 4 heteroatoms. The van der Waals surface area contributed by atoms with E-state index in [4.69, 9.17) is 19.7 Å². The maximum atomic E-state index is 6.45. The summed E-state index contributed by atoms with van der Waals surface area (Å²) in [5, 5.41) is 0. The molecule has 216 valence electrons. The maximum absolute atomic E-state index is 6.45. The van der Waals surface area contributed by atoms with Crippen molar-refractivity contribution in [3.63, 3.8) is 0 Å². The molecule has 0 amide bonds. The SMILES string of the molecule is Cc1ccccc1-c1cc(-c2ccc3c(c2)C2C(=CC=CC2c2nc(-c4ccccc4)nc(-c4ccccc4)n2)O3)ccc1C. The smallest absolute Gasteiger partial charge is 0.163 e. The third-order valence-electron chi connectivity index (χ3n) is 8.84. The summed E-state index contributed by atoms with van der Waals surface area (Å²) in [6.45, 7) is 4.35. The number of ether oxygens (including phenoxy) is 1. The molecule has 0 saturated heterocycles. The summed E-state index contributed by atoms with van der Waals surface area (Å²) < 4.78 is 6.45. The molecule has 8 rings (SSSR count). The van der Waals surface area contributed by atoms with Gasteiger partial charge in [-0.05, 0) is 71.5 Å². The van der Waals surface area contributed by atoms with Crippen molar-refractivity contribution >= 4 is 0 Å². The highest BCUT2D eigenvalue weighted by atomic mass is 16.5. The Kier molecular flexibility index (Phi) is 6.68. The molecule has 1 aliphatic heterocycles. The van der Waals surface area contributed by atoms with Gasteiger partial charge in [-0.1, -0.05) is 115 Å². The van der Waals surface area contributed by atoms with Gasteiger partial charge in [0.15, 0.2) is 11.6 Å². The molecule has 1 aliphatic carbocycles. The van der Waals surface area contributed by atoms with E-state index in [0.717, 1.165) is 39.6 Å². The molecule has 45 heavy (non-hydrogen) atoms. The zero-order chi connectivity index (χ0) is 30.3. The number of nitrogens with zero attached hydrogens (tertiary/aromatic N) is 3. The summed E-state index contributed by atoms with van der Waals surface area (Å²) in [5.41, 5.74) is 10.5. The third kappa shape index (κ3) is 4.95. The summed E-state index contributed by atoms with van der Waals surface area (Å²) in [4.78, 5) is 15.1. The van der Waals surface area contributed by atoms with Crippen LogP contribution in [-0.2, 0) is 0 Å². The van der Waals surface area contributed by atoms with Crippen LogP contribution < -0.4 is 4.74 Å². The predicted octanol–water partition coefficient (Wildman–Crippen LogP) is 9.87. The summed E-state index contributed by atoms with van der Waals surface area (Å²) in [5.74, 6) is 3.71. The highest BCUT2D eigenvalue weighted by Crippen LogP contribution is 2.51. The van der Waals surface area contributed by atoms with Gasteiger partial charge in [-0.25, -0.2) is 15.0 Å². The molecule has 2 unspecified atom stereocenters. The number of allylic oxidation sites excluding steroid dienone is 4. The molecule has 2 atom stereocenters. The van der Waals surface area contributed by atoms with Crippen molar-refractivity contribution in [3.8, 4) is 50.8 Å². The van der Waals surface area contributed by atoms with Crippen LogP contribution in [0, 0.1) is 13.8 Å². The first-order valence-corrected chi connectivity index (χ1v) is 15.4. The number of aryl methyl sites for hydroxylation is 2. The quantitative estimate of drug-likeness (QED) is 0.203. The number of aromatic nitrogens is 3. The zero-order valence-electron chi connectivity index (χ0n) is 25.2. The molecule has 4 nitrogen and oxygen atoms in total. The first-order valence-electron chi connectivity index (χ1n) is 15.4. The lowest BCUT2D eigenvalue weighted by atomic mass is 9.81. The molecular weight excluding hydrogens is 550 g/mol. The van der Waals surface area contributed by atoms with Crippen LogP contribution in [0.25, 0.3) is 45.0 Å². The van der Waals surface area contributed by atoms with Crippen molar-refractivity contribution in [1.29, 1.82) is 0 Å². The predicted molar refractivity (Wildman–Crippen MR) is 181 cm³/mol. The standard InChI is InChI=1S/C41H31N3O/c1-26-12-9-10-17-32(26)34-24-30(21-20-27(34)2)31-22-23-36-35(25-31)38-33(18-11-19-37(38)45-36)41-43-39(28-13-5-3-6-14-28)42-40(44-41)29-15-7-4-8-16-29/h3-25,33,38H,1-2H3. The molecule has 0 N–H and O–H groups in total. The number of rotatable bonds is 5. The van der Waals surface area contributed by atoms with Crippen LogP contribution in [-0.4, -0.2) is 15.0 Å². The second-order valence-corrected chi connectivity index (χ2v) is 11.7. The Hall–Kier alpha value is -5.61. The Morgan fingerprint density at radius 1 is 0.556 bits per heavy atom. The molecule has 2 aliphatic rings. The van der Waals surface area contributed by atoms with Gasteiger partial charge in [0, 0.05) is 16.7 Å². The van der Waals surface area contributed by atoms with Crippen molar-refractivity contribution in [1.82, 2.24) is 15.0 Å². The minimum Gasteiger partial charge on any atom is -0.461 e. The fourth-order valence-corrected chi connectivity index (χ4v) is 6.47. The average molecular weight is 582 g/mol. The third-order valence-corrected chi connectivity index (χ3v) is 8.84. The molecule has 0 radical (unpaired) electrons. The fraction of sp³-hybridized carbons (Fsp3) is 0.0976. The Labute approximate surface area is 263 Å². The van der Waals surface area contributed by atoms with Crippen molar-refractivity contribution in [2.45, 2.75) is 25.7 Å². The van der Waals surface area contributed by atoms with Gasteiger partial charge in [-0.15, -0.1) is 0 Å². The van der Waals surface area contributed by atoms with E-state index in [1.54, 1.807) is 0 Å². The summed E-state index contributed by atoms with van der Waals surface area (Å²) in [7, 11) is 0. The van der Waals surface area contributed by atoms with E-state index < -0.39 is 0 Å². The first kappa shape index (κ1) is 27.0. The topological polar surface area (TPSA) is 47.9 Å². The van der Waals surface area contributed by atoms with Gasteiger partial charge in [0.2, 0.25) is 0 Å². The normalized spacial score (nSPS) is 16.4. The minimum atomic E-state index is -0.116. The number of hydrogen-bond donors (Lipinski definition) is 0. The molecule has 1 aromatic heterocycles. The van der Waals surface area contributed by atoms with Crippen molar-refractivity contribution in [2.75, 3.05) is 0 Å². The largest absolute Gasteiger partial charge is 0.461 e. The Morgan fingerprint density at radius 3 is 1.89 bits per heavy atom. The van der Waals surface area contributed by atoms with Crippen LogP contribution >= 0.6 is 0 Å². The highest BCUT2D eigenvalue weighted by Gasteiger charge is 2.39. The van der Waals surface area contributed by atoms with Crippen molar-refractivity contribution < 1.29 is 4.74 Å². The van der Waals surface area contributed by atoms with Gasteiger partial charge >= 0.3 is 0 Å². The lowest BCUT2D eigenvalue weighted by molar-refractivity contribution is 0.414. The maximum Gasteiger partial charge on any atom is 0.163 e. The molecule has 5 aromatic carbocycles. The van der Waals surface area contributed by atoms with E-state index >= 15 is 0 Å². The highest BCUT2D eigenvalue weighted by molar-refractivity contribution is 5.78. The molecule has 0 saturated carbocycles. The average Bonchev–Trinajstić information content (AvgIpc) is 3.48. The van der Waals surface area contributed by atoms with Crippen molar-refractivity contribution in [3.05, 3.63) is 168 Å². The lowest BCUT2D eigenvalue weighted by Crippen LogP contribution is -2.16. The first-order chi connectivity index (χ1) is 22.1. The zero-order valence-corrected chi connectivity index (χ0v) is 25.2. The van der Waals surface area contributed by atoms with Gasteiger partial charge < -0.3 is 4.74 Å². The number of fused-ring (bicyclic) bond motifs is 3. The minimum absolute atomic E-state index is 0.0408. The van der Waals surface area contributed by atoms with Gasteiger partial charge in [0.05, 0.1) is 11.8 Å². The van der Waals surface area contributed by atoms with Gasteiger partial charge in [0.1, 0.15) is 17.3 Å². The van der Waals surface area contributed by atoms with E-state index in [1.165, 1.54) is 27.8 Å². The van der Waals surface area contributed by atoms with Crippen LogP contribution in [0.3, 0.4) is 0 Å². The number of benzene rings is 5. The lowest BCUT2D eigenvalue weighted by Gasteiger charge is -2.23.